The number of aliphatic hydroxyl groups excluding tert-OH is 1. The van der Waals surface area contributed by atoms with Gasteiger partial charge in [-0.05, 0) is 20.3 Å². The number of anilines is 2. The van der Waals surface area contributed by atoms with Gasteiger partial charge >= 0.3 is 0 Å². The summed E-state index contributed by atoms with van der Waals surface area (Å²) in [7, 11) is 1.59. The molecule has 0 saturated heterocycles. The van der Waals surface area contributed by atoms with Crippen molar-refractivity contribution in [3.63, 3.8) is 0 Å². The summed E-state index contributed by atoms with van der Waals surface area (Å²) in [6.07, 6.45) is 0.688. The van der Waals surface area contributed by atoms with Gasteiger partial charge in [0.25, 0.3) is 0 Å². The summed E-state index contributed by atoms with van der Waals surface area (Å²) in [6.45, 7) is 5.35. The van der Waals surface area contributed by atoms with Crippen LogP contribution in [0.15, 0.2) is 6.07 Å². The Morgan fingerprint density at radius 2 is 2.21 bits per heavy atom. The van der Waals surface area contributed by atoms with Crippen molar-refractivity contribution in [3.8, 4) is 0 Å². The fraction of sp³-hybridized carbons (Fsp3) is 0.667. The molecule has 108 valence electrons. The lowest BCUT2D eigenvalue weighted by Gasteiger charge is -2.28. The monoisotopic (exact) mass is 269 g/mol. The third-order valence-electron chi connectivity index (χ3n) is 2.65. The zero-order valence-corrected chi connectivity index (χ0v) is 11.8. The highest BCUT2D eigenvalue weighted by atomic mass is 16.5. The molecular weight excluding hydrogens is 246 g/mol. The predicted octanol–water partition coefficient (Wildman–Crippen LogP) is 0.506. The first-order chi connectivity index (χ1) is 9.12. The summed E-state index contributed by atoms with van der Waals surface area (Å²) in [4.78, 5) is 10.8. The molecule has 0 fully saturated rings. The maximum Gasteiger partial charge on any atom is 0.158 e. The smallest absolute Gasteiger partial charge is 0.158 e. The molecule has 0 radical (unpaired) electrons. The Kier molecular flexibility index (Phi) is 6.48. The normalized spacial score (nSPS) is 10.8. The Balaban J connectivity index is 3.02. The van der Waals surface area contributed by atoms with Crippen molar-refractivity contribution in [2.75, 3.05) is 30.6 Å². The molecule has 0 aromatic carbocycles. The summed E-state index contributed by atoms with van der Waals surface area (Å²) in [6, 6.07) is 2.05. The number of aromatic nitrogens is 2. The number of nitrogens with one attached hydrogen (secondary N) is 1. The first-order valence-electron chi connectivity index (χ1n) is 6.33. The zero-order chi connectivity index (χ0) is 14.3. The summed E-state index contributed by atoms with van der Waals surface area (Å²) < 4.78 is 5.05. The predicted molar refractivity (Wildman–Crippen MR) is 74.7 cm³/mol. The molecule has 0 aliphatic heterocycles. The second kappa shape index (κ2) is 7.88. The third kappa shape index (κ3) is 4.62. The number of aliphatic hydroxyl groups is 1. The maximum absolute atomic E-state index is 8.97. The van der Waals surface area contributed by atoms with Gasteiger partial charge in [-0.25, -0.2) is 15.8 Å². The first-order valence-corrected chi connectivity index (χ1v) is 6.33. The Morgan fingerprint density at radius 1 is 1.47 bits per heavy atom. The van der Waals surface area contributed by atoms with Crippen LogP contribution in [0.5, 0.6) is 0 Å². The number of nitrogens with two attached hydrogens (primary N) is 1. The topological polar surface area (TPSA) is 96.5 Å². The number of rotatable bonds is 8. The Morgan fingerprint density at radius 3 is 2.74 bits per heavy atom. The van der Waals surface area contributed by atoms with Crippen molar-refractivity contribution >= 4 is 11.6 Å². The van der Waals surface area contributed by atoms with Crippen LogP contribution in [0, 0.1) is 0 Å². The number of nitrogens with zero attached hydrogens (tertiary/aromatic N) is 3. The van der Waals surface area contributed by atoms with E-state index in [-0.39, 0.29) is 12.6 Å². The van der Waals surface area contributed by atoms with Crippen LogP contribution in [0.3, 0.4) is 0 Å². The molecule has 0 bridgehead atoms. The van der Waals surface area contributed by atoms with E-state index in [1.807, 2.05) is 0 Å². The van der Waals surface area contributed by atoms with Gasteiger partial charge in [0.15, 0.2) is 5.82 Å². The van der Waals surface area contributed by atoms with E-state index in [0.29, 0.717) is 24.7 Å². The van der Waals surface area contributed by atoms with Gasteiger partial charge in [-0.2, -0.15) is 0 Å². The van der Waals surface area contributed by atoms with E-state index < -0.39 is 0 Å². The Hall–Kier alpha value is -1.44. The van der Waals surface area contributed by atoms with Crippen molar-refractivity contribution in [1.82, 2.24) is 9.97 Å². The number of hydrogen-bond acceptors (Lipinski definition) is 7. The van der Waals surface area contributed by atoms with E-state index in [9.17, 15) is 0 Å². The minimum Gasteiger partial charge on any atom is -0.396 e. The van der Waals surface area contributed by atoms with Gasteiger partial charge in [-0.3, -0.25) is 0 Å². The van der Waals surface area contributed by atoms with Crippen molar-refractivity contribution in [2.45, 2.75) is 32.9 Å². The lowest BCUT2D eigenvalue weighted by molar-refractivity contribution is 0.178. The highest BCUT2D eigenvalue weighted by Crippen LogP contribution is 2.18. The van der Waals surface area contributed by atoms with Crippen LogP contribution in [0.1, 0.15) is 26.1 Å². The minimum absolute atomic E-state index is 0.154. The number of nitrogen functional groups attached to an aromatic ring is 1. The zero-order valence-electron chi connectivity index (χ0n) is 11.8. The molecule has 0 spiro atoms. The largest absolute Gasteiger partial charge is 0.396 e. The highest BCUT2D eigenvalue weighted by molar-refractivity contribution is 5.49. The quantitative estimate of drug-likeness (QED) is 0.467. The van der Waals surface area contributed by atoms with E-state index in [2.05, 4.69) is 34.1 Å². The van der Waals surface area contributed by atoms with Crippen LogP contribution in [0.4, 0.5) is 11.6 Å². The molecule has 7 nitrogen and oxygen atoms in total. The van der Waals surface area contributed by atoms with Crippen LogP contribution >= 0.6 is 0 Å². The standard InChI is InChI=1S/C12H23N5O2/c1-9(2)17(5-4-6-18)12-7-10(16-13)14-11(15-12)8-19-3/h7,9,18H,4-6,8,13H2,1-3H3,(H,14,15,16). The molecule has 0 aliphatic carbocycles. The molecule has 1 rings (SSSR count). The van der Waals surface area contributed by atoms with Gasteiger partial charge < -0.3 is 20.2 Å². The van der Waals surface area contributed by atoms with E-state index in [0.717, 1.165) is 12.4 Å². The van der Waals surface area contributed by atoms with Gasteiger partial charge in [0.05, 0.1) is 0 Å². The molecule has 1 heterocycles. The van der Waals surface area contributed by atoms with Crippen LogP contribution in [-0.4, -0.2) is 41.4 Å². The van der Waals surface area contributed by atoms with E-state index in [4.69, 9.17) is 15.7 Å². The van der Waals surface area contributed by atoms with Crippen molar-refractivity contribution in [3.05, 3.63) is 11.9 Å². The fourth-order valence-corrected chi connectivity index (χ4v) is 1.78. The molecular formula is C12H23N5O2. The van der Waals surface area contributed by atoms with Crippen molar-refractivity contribution < 1.29 is 9.84 Å². The average Bonchev–Trinajstić information content (AvgIpc) is 2.39. The molecule has 1 aromatic heterocycles. The van der Waals surface area contributed by atoms with E-state index in [1.54, 1.807) is 13.2 Å². The SMILES string of the molecule is COCc1nc(NN)cc(N(CCCO)C(C)C)n1. The Bertz CT molecular complexity index is 386. The number of hydrazine groups is 1. The Labute approximate surface area is 113 Å². The van der Waals surface area contributed by atoms with Gasteiger partial charge in [-0.1, -0.05) is 0 Å². The third-order valence-corrected chi connectivity index (χ3v) is 2.65. The molecule has 4 N–H and O–H groups in total. The molecule has 1 aromatic rings. The number of ether oxygens (including phenoxy) is 1. The van der Waals surface area contributed by atoms with Gasteiger partial charge in [0, 0.05) is 32.4 Å². The van der Waals surface area contributed by atoms with E-state index in [1.165, 1.54) is 0 Å². The van der Waals surface area contributed by atoms with Gasteiger partial charge in [0.1, 0.15) is 18.2 Å². The van der Waals surface area contributed by atoms with Crippen LogP contribution in [0.2, 0.25) is 0 Å². The number of hydrogen-bond donors (Lipinski definition) is 3. The van der Waals surface area contributed by atoms with Gasteiger partial charge in [-0.15, -0.1) is 0 Å². The second-order valence-electron chi connectivity index (χ2n) is 4.47. The molecule has 0 unspecified atom stereocenters. The summed E-state index contributed by atoms with van der Waals surface area (Å²) in [5.74, 6) is 7.32. The molecule has 0 aliphatic rings. The van der Waals surface area contributed by atoms with Crippen molar-refractivity contribution in [1.29, 1.82) is 0 Å². The lowest BCUT2D eigenvalue weighted by Crippen LogP contribution is -2.33. The molecule has 0 amide bonds. The fourth-order valence-electron chi connectivity index (χ4n) is 1.78. The molecule has 7 heteroatoms. The molecule has 19 heavy (non-hydrogen) atoms. The maximum atomic E-state index is 8.97. The second-order valence-corrected chi connectivity index (χ2v) is 4.47. The van der Waals surface area contributed by atoms with Gasteiger partial charge in [0.2, 0.25) is 0 Å². The summed E-state index contributed by atoms with van der Waals surface area (Å²) >= 11 is 0. The van der Waals surface area contributed by atoms with Crippen LogP contribution in [0.25, 0.3) is 0 Å². The molecule has 0 atom stereocenters. The number of methoxy groups -OCH3 is 1. The van der Waals surface area contributed by atoms with Crippen LogP contribution < -0.4 is 16.2 Å². The van der Waals surface area contributed by atoms with E-state index >= 15 is 0 Å². The average molecular weight is 269 g/mol. The van der Waals surface area contributed by atoms with Crippen LogP contribution in [-0.2, 0) is 11.3 Å². The highest BCUT2D eigenvalue weighted by Gasteiger charge is 2.14. The lowest BCUT2D eigenvalue weighted by atomic mass is 10.2. The first kappa shape index (κ1) is 15.6. The summed E-state index contributed by atoms with van der Waals surface area (Å²) in [5, 5.41) is 8.97. The summed E-state index contributed by atoms with van der Waals surface area (Å²) in [5.41, 5.74) is 2.53. The minimum atomic E-state index is 0.154. The molecule has 0 saturated carbocycles. The van der Waals surface area contributed by atoms with Crippen molar-refractivity contribution in [2.24, 2.45) is 5.84 Å².